The molecule has 1 N–H and O–H groups in total. The van der Waals surface area contributed by atoms with Gasteiger partial charge in [0.25, 0.3) is 5.91 Å². The fraction of sp³-hybridized carbons (Fsp3) is 0.208. The third-order valence-corrected chi connectivity index (χ3v) is 5.18. The minimum absolute atomic E-state index is 0.0953. The van der Waals surface area contributed by atoms with Gasteiger partial charge in [-0.3, -0.25) is 4.79 Å². The molecule has 0 bridgehead atoms. The predicted molar refractivity (Wildman–Crippen MR) is 112 cm³/mol. The molecular formula is C24H23NO3. The number of carbonyl (C=O) groups is 1. The molecule has 4 rings (SSSR count). The van der Waals surface area contributed by atoms with Crippen LogP contribution in [0.15, 0.2) is 65.1 Å². The molecule has 0 saturated carbocycles. The van der Waals surface area contributed by atoms with Gasteiger partial charge in [0.2, 0.25) is 0 Å². The molecule has 0 aliphatic heterocycles. The van der Waals surface area contributed by atoms with Crippen LogP contribution < -0.4 is 10.1 Å². The Labute approximate surface area is 164 Å². The van der Waals surface area contributed by atoms with Crippen molar-refractivity contribution in [2.75, 3.05) is 7.11 Å². The van der Waals surface area contributed by atoms with E-state index in [-0.39, 0.29) is 11.9 Å². The van der Waals surface area contributed by atoms with E-state index in [1.807, 2.05) is 55.5 Å². The van der Waals surface area contributed by atoms with Crippen LogP contribution >= 0.6 is 0 Å². The molecule has 0 spiro atoms. The number of furan rings is 1. The third kappa shape index (κ3) is 3.22. The standard InChI is InChI=1S/C24H23NO3/c1-4-20(17-10-11-21(27-3)15(2)13-17)25-24(26)23-14-19-18-8-6-5-7-16(18)9-12-22(19)28-23/h5-14,20H,4H2,1-3H3,(H,25,26)/t20-/m0/s1. The van der Waals surface area contributed by atoms with E-state index in [2.05, 4.69) is 24.4 Å². The van der Waals surface area contributed by atoms with E-state index in [0.717, 1.165) is 45.0 Å². The van der Waals surface area contributed by atoms with E-state index in [4.69, 9.17) is 9.15 Å². The fourth-order valence-electron chi connectivity index (χ4n) is 3.67. The molecule has 28 heavy (non-hydrogen) atoms. The lowest BCUT2D eigenvalue weighted by molar-refractivity contribution is 0.0909. The summed E-state index contributed by atoms with van der Waals surface area (Å²) in [5.74, 6) is 0.963. The average Bonchev–Trinajstić information content (AvgIpc) is 3.17. The first-order chi connectivity index (χ1) is 13.6. The molecule has 1 amide bonds. The highest BCUT2D eigenvalue weighted by Gasteiger charge is 2.19. The molecule has 4 nitrogen and oxygen atoms in total. The van der Waals surface area contributed by atoms with Gasteiger partial charge in [-0.2, -0.15) is 0 Å². The van der Waals surface area contributed by atoms with Gasteiger partial charge in [-0.05, 0) is 53.4 Å². The second-order valence-corrected chi connectivity index (χ2v) is 6.97. The minimum atomic E-state index is -0.208. The first kappa shape index (κ1) is 18.1. The van der Waals surface area contributed by atoms with Crippen molar-refractivity contribution in [3.05, 3.63) is 77.6 Å². The number of methoxy groups -OCH3 is 1. The van der Waals surface area contributed by atoms with E-state index in [0.29, 0.717) is 5.76 Å². The number of nitrogens with one attached hydrogen (secondary N) is 1. The van der Waals surface area contributed by atoms with Crippen molar-refractivity contribution in [1.29, 1.82) is 0 Å². The summed E-state index contributed by atoms with van der Waals surface area (Å²) < 4.78 is 11.2. The summed E-state index contributed by atoms with van der Waals surface area (Å²) in [7, 11) is 1.66. The van der Waals surface area contributed by atoms with E-state index < -0.39 is 0 Å². The average molecular weight is 373 g/mol. The van der Waals surface area contributed by atoms with Crippen molar-refractivity contribution in [3.63, 3.8) is 0 Å². The molecule has 0 saturated heterocycles. The lowest BCUT2D eigenvalue weighted by Gasteiger charge is -2.18. The Morgan fingerprint density at radius 1 is 1.07 bits per heavy atom. The second kappa shape index (κ2) is 7.39. The maximum atomic E-state index is 12.9. The largest absolute Gasteiger partial charge is 0.496 e. The highest BCUT2D eigenvalue weighted by atomic mass is 16.5. The molecule has 0 unspecified atom stereocenters. The molecule has 1 heterocycles. The number of carbonyl (C=O) groups excluding carboxylic acids is 1. The van der Waals surface area contributed by atoms with Gasteiger partial charge < -0.3 is 14.5 Å². The maximum Gasteiger partial charge on any atom is 0.287 e. The minimum Gasteiger partial charge on any atom is -0.496 e. The Kier molecular flexibility index (Phi) is 4.78. The summed E-state index contributed by atoms with van der Waals surface area (Å²) >= 11 is 0. The van der Waals surface area contributed by atoms with Crippen molar-refractivity contribution >= 4 is 27.6 Å². The molecule has 3 aromatic carbocycles. The first-order valence-electron chi connectivity index (χ1n) is 9.47. The summed E-state index contributed by atoms with van der Waals surface area (Å²) in [6.45, 7) is 4.05. The zero-order chi connectivity index (χ0) is 19.7. The second-order valence-electron chi connectivity index (χ2n) is 6.97. The van der Waals surface area contributed by atoms with Gasteiger partial charge in [0, 0.05) is 5.39 Å². The van der Waals surface area contributed by atoms with E-state index in [1.54, 1.807) is 7.11 Å². The lowest BCUT2D eigenvalue weighted by Crippen LogP contribution is -2.27. The van der Waals surface area contributed by atoms with Crippen molar-refractivity contribution in [1.82, 2.24) is 5.32 Å². The van der Waals surface area contributed by atoms with Crippen LogP contribution in [-0.2, 0) is 0 Å². The van der Waals surface area contributed by atoms with Crippen LogP contribution in [0.2, 0.25) is 0 Å². The van der Waals surface area contributed by atoms with Crippen molar-refractivity contribution in [2.24, 2.45) is 0 Å². The van der Waals surface area contributed by atoms with Crippen LogP contribution in [0.5, 0.6) is 5.75 Å². The monoisotopic (exact) mass is 373 g/mol. The van der Waals surface area contributed by atoms with Gasteiger partial charge in [0.05, 0.1) is 13.2 Å². The Balaban J connectivity index is 1.63. The molecular weight excluding hydrogens is 350 g/mol. The van der Waals surface area contributed by atoms with Crippen LogP contribution in [0.25, 0.3) is 21.7 Å². The van der Waals surface area contributed by atoms with Gasteiger partial charge >= 0.3 is 0 Å². The van der Waals surface area contributed by atoms with Crippen LogP contribution in [0.1, 0.15) is 41.1 Å². The number of aryl methyl sites for hydroxylation is 1. The molecule has 0 aliphatic carbocycles. The zero-order valence-corrected chi connectivity index (χ0v) is 16.3. The molecule has 1 aromatic heterocycles. The number of hydrogen-bond donors (Lipinski definition) is 1. The molecule has 4 aromatic rings. The number of rotatable bonds is 5. The van der Waals surface area contributed by atoms with Gasteiger partial charge in [-0.25, -0.2) is 0 Å². The summed E-state index contributed by atoms with van der Waals surface area (Å²) in [6.07, 6.45) is 0.778. The van der Waals surface area contributed by atoms with E-state index >= 15 is 0 Å². The van der Waals surface area contributed by atoms with E-state index in [1.165, 1.54) is 0 Å². The smallest absolute Gasteiger partial charge is 0.287 e. The number of hydrogen-bond acceptors (Lipinski definition) is 3. The fourth-order valence-corrected chi connectivity index (χ4v) is 3.67. The maximum absolute atomic E-state index is 12.9. The van der Waals surface area contributed by atoms with Gasteiger partial charge in [-0.15, -0.1) is 0 Å². The first-order valence-corrected chi connectivity index (χ1v) is 9.47. The summed E-state index contributed by atoms with van der Waals surface area (Å²) in [6, 6.07) is 19.7. The molecule has 142 valence electrons. The van der Waals surface area contributed by atoms with Crippen molar-refractivity contribution < 1.29 is 13.9 Å². The summed E-state index contributed by atoms with van der Waals surface area (Å²) in [5, 5.41) is 6.27. The number of ether oxygens (including phenoxy) is 1. The molecule has 0 aliphatic rings. The lowest BCUT2D eigenvalue weighted by atomic mass is 10.0. The Morgan fingerprint density at radius 3 is 2.64 bits per heavy atom. The van der Waals surface area contributed by atoms with Crippen LogP contribution in [0.3, 0.4) is 0 Å². The normalized spacial score (nSPS) is 12.2. The topological polar surface area (TPSA) is 51.5 Å². The Hall–Kier alpha value is -3.27. The van der Waals surface area contributed by atoms with Crippen LogP contribution in [0.4, 0.5) is 0 Å². The third-order valence-electron chi connectivity index (χ3n) is 5.18. The van der Waals surface area contributed by atoms with Gasteiger partial charge in [-0.1, -0.05) is 49.4 Å². The predicted octanol–water partition coefficient (Wildman–Crippen LogP) is 5.78. The number of benzene rings is 3. The van der Waals surface area contributed by atoms with Crippen molar-refractivity contribution in [2.45, 2.75) is 26.3 Å². The van der Waals surface area contributed by atoms with Gasteiger partial charge in [0.15, 0.2) is 5.76 Å². The highest BCUT2D eigenvalue weighted by molar-refractivity contribution is 6.08. The van der Waals surface area contributed by atoms with Crippen molar-refractivity contribution in [3.8, 4) is 5.75 Å². The summed E-state index contributed by atoms with van der Waals surface area (Å²) in [4.78, 5) is 12.9. The number of amides is 1. The highest BCUT2D eigenvalue weighted by Crippen LogP contribution is 2.29. The van der Waals surface area contributed by atoms with E-state index in [9.17, 15) is 4.79 Å². The molecule has 0 fully saturated rings. The molecule has 0 radical (unpaired) electrons. The van der Waals surface area contributed by atoms with Crippen LogP contribution in [0, 0.1) is 6.92 Å². The Morgan fingerprint density at radius 2 is 1.89 bits per heavy atom. The molecule has 4 heteroatoms. The van der Waals surface area contributed by atoms with Crippen LogP contribution in [-0.4, -0.2) is 13.0 Å². The molecule has 1 atom stereocenters. The Bertz CT molecular complexity index is 1160. The number of fused-ring (bicyclic) bond motifs is 3. The summed E-state index contributed by atoms with van der Waals surface area (Å²) in [5.41, 5.74) is 2.82. The SMILES string of the molecule is CC[C@H](NC(=O)c1cc2c(ccc3ccccc32)o1)c1ccc(OC)c(C)c1. The zero-order valence-electron chi connectivity index (χ0n) is 16.3. The quantitative estimate of drug-likeness (QED) is 0.482. The van der Waals surface area contributed by atoms with Gasteiger partial charge in [0.1, 0.15) is 11.3 Å².